The lowest BCUT2D eigenvalue weighted by Gasteiger charge is -2.02. The van der Waals surface area contributed by atoms with Crippen molar-refractivity contribution in [3.8, 4) is 0 Å². The van der Waals surface area contributed by atoms with E-state index in [-0.39, 0.29) is 0 Å². The van der Waals surface area contributed by atoms with Crippen LogP contribution < -0.4 is 0 Å². The van der Waals surface area contributed by atoms with Crippen LogP contribution in [0.15, 0.2) is 16.6 Å². The fourth-order valence-electron chi connectivity index (χ4n) is 1.28. The van der Waals surface area contributed by atoms with Gasteiger partial charge in [0, 0.05) is 5.69 Å². The normalized spacial score (nSPS) is 11.9. The molecule has 15 heavy (non-hydrogen) atoms. The minimum atomic E-state index is 0.550. The number of unbranched alkanes of at least 4 members (excludes halogenated alkanes) is 1. The number of hydrogen-bond donors (Lipinski definition) is 0. The van der Waals surface area contributed by atoms with Crippen molar-refractivity contribution < 1.29 is 0 Å². The van der Waals surface area contributed by atoms with Crippen LogP contribution in [0.1, 0.15) is 37.4 Å². The second kappa shape index (κ2) is 6.29. The number of hydrogen-bond acceptors (Lipinski definition) is 1. The van der Waals surface area contributed by atoms with Gasteiger partial charge in [0.25, 0.3) is 0 Å². The number of rotatable bonds is 4. The molecule has 1 rings (SSSR count). The monoisotopic (exact) mass is 287 g/mol. The van der Waals surface area contributed by atoms with Crippen LogP contribution in [0.4, 0.5) is 0 Å². The first-order chi connectivity index (χ1) is 7.13. The van der Waals surface area contributed by atoms with Crippen LogP contribution in [0.5, 0.6) is 0 Å². The average molecular weight is 289 g/mol. The first-order valence-electron chi connectivity index (χ1n) is 5.12. The van der Waals surface area contributed by atoms with Crippen molar-refractivity contribution in [1.29, 1.82) is 0 Å². The second-order valence-corrected chi connectivity index (χ2v) is 4.91. The van der Waals surface area contributed by atoms with E-state index in [1.54, 1.807) is 0 Å². The highest BCUT2D eigenvalue weighted by Gasteiger charge is 1.99. The van der Waals surface area contributed by atoms with Crippen molar-refractivity contribution in [2.24, 2.45) is 0 Å². The second-order valence-electron chi connectivity index (χ2n) is 3.50. The molecule has 0 spiro atoms. The highest BCUT2D eigenvalue weighted by atomic mass is 79.9. The molecule has 3 heteroatoms. The Bertz CT molecular complexity index is 361. The fraction of sp³-hybridized carbons (Fsp3) is 0.417. The highest BCUT2D eigenvalue weighted by molar-refractivity contribution is 9.11. The Morgan fingerprint density at radius 1 is 1.53 bits per heavy atom. The smallest absolute Gasteiger partial charge is 0.129 e. The molecule has 0 aromatic carbocycles. The zero-order valence-corrected chi connectivity index (χ0v) is 11.4. The molecule has 0 radical (unpaired) electrons. The van der Waals surface area contributed by atoms with Crippen molar-refractivity contribution >= 4 is 33.6 Å². The van der Waals surface area contributed by atoms with E-state index in [0.717, 1.165) is 17.7 Å². The van der Waals surface area contributed by atoms with E-state index >= 15 is 0 Å². The van der Waals surface area contributed by atoms with Crippen molar-refractivity contribution in [2.75, 3.05) is 0 Å². The van der Waals surface area contributed by atoms with Crippen molar-refractivity contribution in [3.05, 3.63) is 33.0 Å². The molecule has 82 valence electrons. The molecule has 0 aliphatic rings. The maximum absolute atomic E-state index is 5.79. The summed E-state index contributed by atoms with van der Waals surface area (Å²) >= 11 is 9.36. The van der Waals surface area contributed by atoms with Crippen molar-refractivity contribution in [1.82, 2.24) is 4.98 Å². The number of pyridine rings is 1. The van der Waals surface area contributed by atoms with E-state index in [9.17, 15) is 0 Å². The number of aryl methyl sites for hydroxylation is 1. The van der Waals surface area contributed by atoms with Crippen molar-refractivity contribution in [3.63, 3.8) is 0 Å². The molecule has 1 heterocycles. The van der Waals surface area contributed by atoms with Gasteiger partial charge in [-0.3, -0.25) is 0 Å². The summed E-state index contributed by atoms with van der Waals surface area (Å²) in [6, 6.07) is 3.82. The maximum atomic E-state index is 5.79. The lowest BCUT2D eigenvalue weighted by molar-refractivity contribution is 0.812. The van der Waals surface area contributed by atoms with Crippen LogP contribution in [0.3, 0.4) is 0 Å². The molecule has 0 atom stereocenters. The molecule has 0 amide bonds. The quantitative estimate of drug-likeness (QED) is 0.713. The van der Waals surface area contributed by atoms with E-state index in [4.69, 9.17) is 11.6 Å². The molecule has 0 saturated carbocycles. The van der Waals surface area contributed by atoms with Gasteiger partial charge in [0.15, 0.2) is 0 Å². The Morgan fingerprint density at radius 2 is 2.27 bits per heavy atom. The van der Waals surface area contributed by atoms with E-state index in [2.05, 4.69) is 33.9 Å². The number of aromatic nitrogens is 1. The molecule has 1 aromatic rings. The Hall–Kier alpha value is -0.340. The molecule has 0 N–H and O–H groups in total. The average Bonchev–Trinajstić information content (AvgIpc) is 2.19. The Labute approximate surface area is 105 Å². The summed E-state index contributed by atoms with van der Waals surface area (Å²) < 4.78 is 1.22. The molecular weight excluding hydrogens is 273 g/mol. The predicted molar refractivity (Wildman–Crippen MR) is 70.4 cm³/mol. The summed E-state index contributed by atoms with van der Waals surface area (Å²) in [4.78, 5) is 4.21. The Morgan fingerprint density at radius 3 is 2.87 bits per heavy atom. The van der Waals surface area contributed by atoms with Crippen molar-refractivity contribution in [2.45, 2.75) is 33.1 Å². The topological polar surface area (TPSA) is 12.9 Å². The summed E-state index contributed by atoms with van der Waals surface area (Å²) in [6.07, 6.45) is 5.62. The van der Waals surface area contributed by atoms with Gasteiger partial charge in [0.2, 0.25) is 0 Å². The van der Waals surface area contributed by atoms with E-state index in [1.165, 1.54) is 17.3 Å². The molecule has 0 bridgehead atoms. The zero-order chi connectivity index (χ0) is 11.3. The lowest BCUT2D eigenvalue weighted by atomic mass is 10.1. The van der Waals surface area contributed by atoms with Gasteiger partial charge in [-0.05, 0) is 42.0 Å². The van der Waals surface area contributed by atoms with Crippen LogP contribution in [0.2, 0.25) is 5.15 Å². The van der Waals surface area contributed by atoms with Gasteiger partial charge in [-0.15, -0.1) is 0 Å². The third kappa shape index (κ3) is 4.35. The summed E-state index contributed by atoms with van der Waals surface area (Å²) in [7, 11) is 0. The summed E-state index contributed by atoms with van der Waals surface area (Å²) in [5.41, 5.74) is 2.10. The summed E-state index contributed by atoms with van der Waals surface area (Å²) in [5, 5.41) is 0.550. The fourth-order valence-corrected chi connectivity index (χ4v) is 2.00. The third-order valence-electron chi connectivity index (χ3n) is 2.17. The summed E-state index contributed by atoms with van der Waals surface area (Å²) in [6.45, 7) is 4.16. The molecule has 0 fully saturated rings. The Balaban J connectivity index is 2.78. The number of halogens is 2. The van der Waals surface area contributed by atoms with Crippen LogP contribution >= 0.6 is 27.5 Å². The third-order valence-corrected chi connectivity index (χ3v) is 3.01. The van der Waals surface area contributed by atoms with Gasteiger partial charge in [-0.2, -0.15) is 0 Å². The first-order valence-corrected chi connectivity index (χ1v) is 6.29. The van der Waals surface area contributed by atoms with Gasteiger partial charge in [-0.25, -0.2) is 4.98 Å². The Kier molecular flexibility index (Phi) is 5.34. The molecular formula is C12H15BrClN. The summed E-state index contributed by atoms with van der Waals surface area (Å²) in [5.74, 6) is 0. The van der Waals surface area contributed by atoms with Crippen LogP contribution in [0, 0.1) is 6.92 Å². The van der Waals surface area contributed by atoms with E-state index < -0.39 is 0 Å². The maximum Gasteiger partial charge on any atom is 0.129 e. The molecule has 1 aromatic heterocycles. The van der Waals surface area contributed by atoms with E-state index in [0.29, 0.717) is 5.15 Å². The molecule has 1 nitrogen and oxygen atoms in total. The number of allylic oxidation sites excluding steroid dienone is 1. The molecule has 0 unspecified atom stereocenters. The lowest BCUT2D eigenvalue weighted by Crippen LogP contribution is -1.87. The zero-order valence-electron chi connectivity index (χ0n) is 9.06. The standard InChI is InChI=1S/C12H15BrClN/c1-3-4-5-11(13)8-10-6-7-12(14)15-9(10)2/h6-8H,3-5H2,1-2H3/b11-8+. The van der Waals surface area contributed by atoms with Crippen LogP contribution in [0.25, 0.3) is 6.08 Å². The largest absolute Gasteiger partial charge is 0.241 e. The molecule has 0 aliphatic heterocycles. The molecule has 0 saturated heterocycles. The van der Waals surface area contributed by atoms with E-state index in [1.807, 2.05) is 19.1 Å². The van der Waals surface area contributed by atoms with Gasteiger partial charge in [0.05, 0.1) is 0 Å². The van der Waals surface area contributed by atoms with Crippen LogP contribution in [-0.4, -0.2) is 4.98 Å². The predicted octanol–water partition coefficient (Wildman–Crippen LogP) is 4.97. The number of nitrogens with zero attached hydrogens (tertiary/aromatic N) is 1. The van der Waals surface area contributed by atoms with Crippen LogP contribution in [-0.2, 0) is 0 Å². The van der Waals surface area contributed by atoms with Gasteiger partial charge >= 0.3 is 0 Å². The van der Waals surface area contributed by atoms with Gasteiger partial charge in [-0.1, -0.05) is 46.9 Å². The molecule has 0 aliphatic carbocycles. The van der Waals surface area contributed by atoms with Gasteiger partial charge in [0.1, 0.15) is 5.15 Å². The first kappa shape index (κ1) is 12.7. The minimum Gasteiger partial charge on any atom is -0.241 e. The minimum absolute atomic E-state index is 0.550. The highest BCUT2D eigenvalue weighted by Crippen LogP contribution is 2.20. The SMILES string of the molecule is CCCC/C(Br)=C\c1ccc(Cl)nc1C. The van der Waals surface area contributed by atoms with Gasteiger partial charge < -0.3 is 0 Å².